The number of rotatable bonds is 8. The number of unbranched alkanes of at least 4 members (excludes halogenated alkanes) is 1. The lowest BCUT2D eigenvalue weighted by molar-refractivity contribution is -0.119. The topological polar surface area (TPSA) is 99.6 Å². The lowest BCUT2D eigenvalue weighted by Gasteiger charge is -2.09. The van der Waals surface area contributed by atoms with Gasteiger partial charge in [-0.05, 0) is 54.4 Å². The summed E-state index contributed by atoms with van der Waals surface area (Å²) in [6.07, 6.45) is 4.16. The van der Waals surface area contributed by atoms with Gasteiger partial charge in [0, 0.05) is 10.9 Å². The number of aromatic nitrogens is 2. The number of hydrogen-bond donors (Lipinski definition) is 1. The largest absolute Gasteiger partial charge is 0.484 e. The van der Waals surface area contributed by atoms with Crippen LogP contribution in [0.5, 0.6) is 5.75 Å². The van der Waals surface area contributed by atoms with Crippen LogP contribution in [0.3, 0.4) is 0 Å². The number of nitrogens with two attached hydrogens (primary N) is 1. The fourth-order valence-electron chi connectivity index (χ4n) is 2.74. The number of halogens is 1. The number of aryl methyl sites for hydroxylation is 1. The molecule has 0 bridgehead atoms. The zero-order chi connectivity index (χ0) is 20.8. The number of ether oxygens (including phenoxy) is 1. The number of carbonyl (C=O) groups is 1. The van der Waals surface area contributed by atoms with Gasteiger partial charge in [0.15, 0.2) is 6.61 Å². The van der Waals surface area contributed by atoms with Crippen LogP contribution in [-0.4, -0.2) is 28.4 Å². The minimum absolute atomic E-state index is 0.179. The third-order valence-corrected chi connectivity index (χ3v) is 4.71. The molecule has 0 aliphatic carbocycles. The van der Waals surface area contributed by atoms with Gasteiger partial charge in [0.1, 0.15) is 11.6 Å². The van der Waals surface area contributed by atoms with E-state index in [1.54, 1.807) is 36.5 Å². The molecule has 29 heavy (non-hydrogen) atoms. The zero-order valence-corrected chi connectivity index (χ0v) is 17.6. The summed E-state index contributed by atoms with van der Waals surface area (Å²) in [5.41, 5.74) is 6.30. The van der Waals surface area contributed by atoms with Crippen molar-refractivity contribution >= 4 is 39.0 Å². The maximum Gasteiger partial charge on any atom is 0.282 e. The van der Waals surface area contributed by atoms with Crippen molar-refractivity contribution in [1.82, 2.24) is 9.66 Å². The first kappa shape index (κ1) is 20.7. The highest BCUT2D eigenvalue weighted by atomic mass is 79.9. The van der Waals surface area contributed by atoms with Crippen LogP contribution < -0.4 is 16.0 Å². The lowest BCUT2D eigenvalue weighted by atomic mass is 10.2. The molecular formula is C21H21BrN4O3. The quantitative estimate of drug-likeness (QED) is 0.525. The van der Waals surface area contributed by atoms with E-state index in [1.165, 1.54) is 4.68 Å². The van der Waals surface area contributed by atoms with E-state index >= 15 is 0 Å². The number of fused-ring (bicyclic) bond motifs is 1. The third kappa shape index (κ3) is 5.29. The van der Waals surface area contributed by atoms with Gasteiger partial charge in [-0.1, -0.05) is 29.3 Å². The molecule has 0 spiro atoms. The highest BCUT2D eigenvalue weighted by molar-refractivity contribution is 9.10. The molecule has 3 aromatic rings. The van der Waals surface area contributed by atoms with E-state index in [9.17, 15) is 9.59 Å². The molecule has 0 atom stereocenters. The molecule has 1 amide bonds. The molecule has 0 saturated carbocycles. The molecule has 2 N–H and O–H groups in total. The molecule has 1 aromatic heterocycles. The first-order valence-corrected chi connectivity index (χ1v) is 10.0. The Hall–Kier alpha value is -3.00. The van der Waals surface area contributed by atoms with E-state index in [0.717, 1.165) is 22.9 Å². The van der Waals surface area contributed by atoms with Crippen LogP contribution in [0.25, 0.3) is 10.9 Å². The molecule has 0 fully saturated rings. The van der Waals surface area contributed by atoms with Crippen LogP contribution in [0.4, 0.5) is 0 Å². The summed E-state index contributed by atoms with van der Waals surface area (Å²) in [5.74, 6) is 0.619. The Labute approximate surface area is 176 Å². The lowest BCUT2D eigenvalue weighted by Crippen LogP contribution is -2.22. The van der Waals surface area contributed by atoms with Gasteiger partial charge in [0.25, 0.3) is 11.5 Å². The van der Waals surface area contributed by atoms with Crippen molar-refractivity contribution in [3.63, 3.8) is 0 Å². The molecule has 7 nitrogen and oxygen atoms in total. The average molecular weight is 457 g/mol. The third-order valence-electron chi connectivity index (χ3n) is 4.21. The predicted octanol–water partition coefficient (Wildman–Crippen LogP) is 3.25. The number of nitrogens with zero attached hydrogens (tertiary/aromatic N) is 3. The monoisotopic (exact) mass is 456 g/mol. The Morgan fingerprint density at radius 2 is 2.03 bits per heavy atom. The fourth-order valence-corrected chi connectivity index (χ4v) is 3.10. The fraction of sp³-hybridized carbons (Fsp3) is 0.238. The summed E-state index contributed by atoms with van der Waals surface area (Å²) in [5, 5.41) is 4.91. The first-order valence-electron chi connectivity index (χ1n) is 9.24. The summed E-state index contributed by atoms with van der Waals surface area (Å²) in [6.45, 7) is 1.91. The zero-order valence-electron chi connectivity index (χ0n) is 16.0. The number of carbonyl (C=O) groups excluding carboxylic acids is 1. The summed E-state index contributed by atoms with van der Waals surface area (Å²) in [6, 6.07) is 12.4. The van der Waals surface area contributed by atoms with Crippen molar-refractivity contribution in [2.24, 2.45) is 10.8 Å². The van der Waals surface area contributed by atoms with E-state index < -0.39 is 5.91 Å². The van der Waals surface area contributed by atoms with Crippen LogP contribution in [0.1, 0.15) is 31.2 Å². The molecule has 3 rings (SSSR count). The van der Waals surface area contributed by atoms with Gasteiger partial charge < -0.3 is 10.5 Å². The van der Waals surface area contributed by atoms with E-state index in [0.29, 0.717) is 28.9 Å². The second-order valence-electron chi connectivity index (χ2n) is 6.48. The smallest absolute Gasteiger partial charge is 0.282 e. The van der Waals surface area contributed by atoms with Gasteiger partial charge in [0.2, 0.25) is 0 Å². The van der Waals surface area contributed by atoms with E-state index in [2.05, 4.69) is 32.9 Å². The Morgan fingerprint density at radius 3 is 2.72 bits per heavy atom. The van der Waals surface area contributed by atoms with Crippen LogP contribution in [-0.2, 0) is 11.2 Å². The van der Waals surface area contributed by atoms with E-state index in [-0.39, 0.29) is 12.2 Å². The van der Waals surface area contributed by atoms with Crippen LogP contribution in [0.2, 0.25) is 0 Å². The minimum Gasteiger partial charge on any atom is -0.484 e. The predicted molar refractivity (Wildman–Crippen MR) is 116 cm³/mol. The molecule has 0 radical (unpaired) electrons. The first-order chi connectivity index (χ1) is 14.0. The molecule has 150 valence electrons. The van der Waals surface area contributed by atoms with Gasteiger partial charge in [-0.25, -0.2) is 4.98 Å². The molecule has 0 aliphatic heterocycles. The summed E-state index contributed by atoms with van der Waals surface area (Å²) >= 11 is 3.40. The molecule has 0 aliphatic rings. The normalized spacial score (nSPS) is 11.2. The molecule has 0 saturated heterocycles. The van der Waals surface area contributed by atoms with Crippen molar-refractivity contribution < 1.29 is 9.53 Å². The molecule has 1 heterocycles. The average Bonchev–Trinajstić information content (AvgIpc) is 2.71. The Kier molecular flexibility index (Phi) is 6.77. The SMILES string of the molecule is CCCCc1nc2ccc(Br)cc2c(=O)n1N=Cc1ccc(OCC(N)=O)cc1. The standard InChI is InChI=1S/C21H21BrN4O3/c1-2-3-4-20-25-18-10-7-15(22)11-17(18)21(28)26(20)24-12-14-5-8-16(9-6-14)29-13-19(23)27/h5-12H,2-4,13H2,1H3,(H2,23,27). The van der Waals surface area contributed by atoms with E-state index in [1.807, 2.05) is 12.1 Å². The summed E-state index contributed by atoms with van der Waals surface area (Å²) in [7, 11) is 0. The van der Waals surface area contributed by atoms with E-state index in [4.69, 9.17) is 10.5 Å². The Morgan fingerprint density at radius 1 is 1.28 bits per heavy atom. The van der Waals surface area contributed by atoms with Crippen molar-refractivity contribution in [3.05, 3.63) is 68.7 Å². The highest BCUT2D eigenvalue weighted by Crippen LogP contribution is 2.17. The van der Waals surface area contributed by atoms with Gasteiger partial charge in [0.05, 0.1) is 17.1 Å². The number of primary amides is 1. The van der Waals surface area contributed by atoms with Crippen molar-refractivity contribution in [2.75, 3.05) is 6.61 Å². The molecular weight excluding hydrogens is 436 g/mol. The number of benzene rings is 2. The minimum atomic E-state index is -0.537. The number of amides is 1. The van der Waals surface area contributed by atoms with Gasteiger partial charge in [-0.15, -0.1) is 0 Å². The maximum atomic E-state index is 13.0. The van der Waals surface area contributed by atoms with Crippen molar-refractivity contribution in [3.8, 4) is 5.75 Å². The van der Waals surface area contributed by atoms with Crippen LogP contribution >= 0.6 is 15.9 Å². The van der Waals surface area contributed by atoms with Crippen molar-refractivity contribution in [2.45, 2.75) is 26.2 Å². The molecule has 8 heteroatoms. The van der Waals surface area contributed by atoms with Gasteiger partial charge >= 0.3 is 0 Å². The van der Waals surface area contributed by atoms with Crippen LogP contribution in [0, 0.1) is 0 Å². The Bertz CT molecular complexity index is 1110. The highest BCUT2D eigenvalue weighted by Gasteiger charge is 2.10. The maximum absolute atomic E-state index is 13.0. The Balaban J connectivity index is 1.94. The van der Waals surface area contributed by atoms with Crippen LogP contribution in [0.15, 0.2) is 56.8 Å². The molecule has 0 unspecified atom stereocenters. The van der Waals surface area contributed by atoms with Gasteiger partial charge in [-0.2, -0.15) is 9.78 Å². The second kappa shape index (κ2) is 9.47. The summed E-state index contributed by atoms with van der Waals surface area (Å²) < 4.78 is 7.41. The summed E-state index contributed by atoms with van der Waals surface area (Å²) in [4.78, 5) is 28.4. The van der Waals surface area contributed by atoms with Crippen molar-refractivity contribution in [1.29, 1.82) is 0 Å². The molecule has 2 aromatic carbocycles. The van der Waals surface area contributed by atoms with Gasteiger partial charge in [-0.3, -0.25) is 9.59 Å². The number of hydrogen-bond acceptors (Lipinski definition) is 5. The second-order valence-corrected chi connectivity index (χ2v) is 7.39.